The maximum atomic E-state index is 3.49. The fourth-order valence-electron chi connectivity index (χ4n) is 2.67. The Kier molecular flexibility index (Phi) is 4.14. The third-order valence-electron chi connectivity index (χ3n) is 3.43. The van der Waals surface area contributed by atoms with Gasteiger partial charge in [-0.15, -0.1) is 0 Å². The van der Waals surface area contributed by atoms with Crippen LogP contribution in [0.3, 0.4) is 0 Å². The van der Waals surface area contributed by atoms with Crippen molar-refractivity contribution >= 4 is 11.8 Å². The van der Waals surface area contributed by atoms with Gasteiger partial charge in [-0.25, -0.2) is 0 Å². The van der Waals surface area contributed by atoms with E-state index in [1.165, 1.54) is 50.7 Å². The van der Waals surface area contributed by atoms with E-state index in [-0.39, 0.29) is 0 Å². The number of nitrogens with zero attached hydrogens (tertiary/aromatic N) is 1. The molecule has 1 N–H and O–H groups in total. The molecule has 0 aromatic heterocycles. The average Bonchev–Trinajstić information content (AvgIpc) is 2.72. The van der Waals surface area contributed by atoms with Crippen molar-refractivity contribution in [3.8, 4) is 0 Å². The number of fused-ring (bicyclic) bond motifs is 1. The maximum Gasteiger partial charge on any atom is 0.00255 e. The molecule has 2 rings (SSSR count). The van der Waals surface area contributed by atoms with Crippen molar-refractivity contribution in [2.45, 2.75) is 13.3 Å². The smallest absolute Gasteiger partial charge is 0.00255 e. The van der Waals surface area contributed by atoms with Crippen molar-refractivity contribution in [3.05, 3.63) is 0 Å². The highest BCUT2D eigenvalue weighted by molar-refractivity contribution is 7.99. The van der Waals surface area contributed by atoms with Crippen molar-refractivity contribution < 1.29 is 0 Å². The lowest BCUT2D eigenvalue weighted by Gasteiger charge is -2.16. The van der Waals surface area contributed by atoms with Crippen LogP contribution in [0.4, 0.5) is 0 Å². The summed E-state index contributed by atoms with van der Waals surface area (Å²) < 4.78 is 0. The fourth-order valence-corrected chi connectivity index (χ4v) is 3.29. The summed E-state index contributed by atoms with van der Waals surface area (Å²) in [6.45, 7) is 8.83. The van der Waals surface area contributed by atoms with Crippen LogP contribution < -0.4 is 5.32 Å². The molecule has 82 valence electrons. The van der Waals surface area contributed by atoms with Gasteiger partial charge in [0.1, 0.15) is 0 Å². The lowest BCUT2D eigenvalue weighted by atomic mass is 10.0. The Morgan fingerprint density at radius 1 is 1.29 bits per heavy atom. The van der Waals surface area contributed by atoms with Crippen LogP contribution >= 0.6 is 11.8 Å². The number of nitrogens with one attached hydrogen (secondary N) is 1. The molecule has 2 nitrogen and oxygen atoms in total. The summed E-state index contributed by atoms with van der Waals surface area (Å²) in [5.41, 5.74) is 0. The van der Waals surface area contributed by atoms with E-state index >= 15 is 0 Å². The molecule has 2 aliphatic heterocycles. The monoisotopic (exact) mass is 214 g/mol. The molecule has 14 heavy (non-hydrogen) atoms. The molecule has 0 radical (unpaired) electrons. The summed E-state index contributed by atoms with van der Waals surface area (Å²) in [7, 11) is 0. The summed E-state index contributed by atoms with van der Waals surface area (Å²) in [6.07, 6.45) is 1.38. The van der Waals surface area contributed by atoms with E-state index in [4.69, 9.17) is 0 Å². The van der Waals surface area contributed by atoms with Gasteiger partial charge in [0.25, 0.3) is 0 Å². The second kappa shape index (κ2) is 5.38. The second-order valence-electron chi connectivity index (χ2n) is 4.49. The van der Waals surface area contributed by atoms with Gasteiger partial charge >= 0.3 is 0 Å². The Bertz CT molecular complexity index is 163. The van der Waals surface area contributed by atoms with Crippen molar-refractivity contribution in [1.82, 2.24) is 10.2 Å². The van der Waals surface area contributed by atoms with Gasteiger partial charge in [-0.3, -0.25) is 0 Å². The van der Waals surface area contributed by atoms with Gasteiger partial charge in [0, 0.05) is 13.1 Å². The van der Waals surface area contributed by atoms with Crippen LogP contribution in [0, 0.1) is 11.8 Å². The van der Waals surface area contributed by atoms with Crippen LogP contribution in [-0.4, -0.2) is 49.1 Å². The molecular weight excluding hydrogens is 192 g/mol. The molecule has 0 amide bonds. The lowest BCUT2D eigenvalue weighted by molar-refractivity contribution is 0.315. The highest BCUT2D eigenvalue weighted by Gasteiger charge is 2.35. The van der Waals surface area contributed by atoms with Gasteiger partial charge in [0.15, 0.2) is 0 Å². The first-order valence-electron chi connectivity index (χ1n) is 5.91. The number of thioether (sulfide) groups is 1. The summed E-state index contributed by atoms with van der Waals surface area (Å²) in [5.74, 6) is 4.55. The molecular formula is C11H22N2S. The molecule has 0 spiro atoms. The molecule has 2 atom stereocenters. The molecule has 0 bridgehead atoms. The van der Waals surface area contributed by atoms with E-state index in [0.29, 0.717) is 0 Å². The molecule has 0 aromatic rings. The summed E-state index contributed by atoms with van der Waals surface area (Å²) >= 11 is 2.07. The molecule has 2 aliphatic rings. The Balaban J connectivity index is 1.60. The third-order valence-corrected chi connectivity index (χ3v) is 4.42. The average molecular weight is 214 g/mol. The summed E-state index contributed by atoms with van der Waals surface area (Å²) in [5, 5.41) is 3.49. The normalized spacial score (nSPS) is 32.4. The van der Waals surface area contributed by atoms with Crippen LogP contribution in [0.1, 0.15) is 13.3 Å². The first kappa shape index (κ1) is 10.8. The molecule has 0 aliphatic carbocycles. The van der Waals surface area contributed by atoms with Crippen LogP contribution in [0.15, 0.2) is 0 Å². The molecule has 2 fully saturated rings. The Morgan fingerprint density at radius 3 is 2.64 bits per heavy atom. The first-order valence-corrected chi connectivity index (χ1v) is 7.06. The molecule has 0 saturated carbocycles. The predicted molar refractivity (Wildman–Crippen MR) is 63.9 cm³/mol. The zero-order valence-electron chi connectivity index (χ0n) is 9.17. The van der Waals surface area contributed by atoms with Gasteiger partial charge in [-0.1, -0.05) is 6.92 Å². The number of rotatable bonds is 5. The van der Waals surface area contributed by atoms with Crippen molar-refractivity contribution in [2.24, 2.45) is 11.8 Å². The third kappa shape index (κ3) is 2.65. The summed E-state index contributed by atoms with van der Waals surface area (Å²) in [6, 6.07) is 0. The topological polar surface area (TPSA) is 15.3 Å². The Hall–Kier alpha value is 0.270. The quantitative estimate of drug-likeness (QED) is 0.694. The predicted octanol–water partition coefficient (Wildman–Crippen LogP) is 1.28. The zero-order valence-corrected chi connectivity index (χ0v) is 9.98. The van der Waals surface area contributed by atoms with E-state index in [2.05, 4.69) is 28.9 Å². The highest BCUT2D eigenvalue weighted by atomic mass is 32.2. The van der Waals surface area contributed by atoms with E-state index in [1.54, 1.807) is 0 Å². The van der Waals surface area contributed by atoms with E-state index in [9.17, 15) is 0 Å². The molecule has 2 saturated heterocycles. The minimum absolute atomic E-state index is 0.967. The summed E-state index contributed by atoms with van der Waals surface area (Å²) in [4.78, 5) is 2.67. The van der Waals surface area contributed by atoms with Crippen LogP contribution in [0.2, 0.25) is 0 Å². The van der Waals surface area contributed by atoms with E-state index in [0.717, 1.165) is 11.8 Å². The minimum Gasteiger partial charge on any atom is -0.316 e. The number of hydrogen-bond acceptors (Lipinski definition) is 3. The highest BCUT2D eigenvalue weighted by Crippen LogP contribution is 2.26. The van der Waals surface area contributed by atoms with Gasteiger partial charge in [0.05, 0.1) is 0 Å². The van der Waals surface area contributed by atoms with E-state index in [1.807, 2.05) is 0 Å². The van der Waals surface area contributed by atoms with Crippen LogP contribution in [0.5, 0.6) is 0 Å². The standard InChI is InChI=1S/C11H22N2S/c1-2-14-5-3-4-13-8-10-6-12-7-11(10)9-13/h10-12H,2-9H2,1H3. The SMILES string of the molecule is CCSCCCN1CC2CNCC2C1. The van der Waals surface area contributed by atoms with E-state index < -0.39 is 0 Å². The molecule has 2 unspecified atom stereocenters. The van der Waals surface area contributed by atoms with Gasteiger partial charge in [-0.05, 0) is 49.4 Å². The van der Waals surface area contributed by atoms with Gasteiger partial charge in [0.2, 0.25) is 0 Å². The van der Waals surface area contributed by atoms with Crippen molar-refractivity contribution in [2.75, 3.05) is 44.2 Å². The number of likely N-dealkylation sites (tertiary alicyclic amines) is 1. The second-order valence-corrected chi connectivity index (χ2v) is 5.88. The van der Waals surface area contributed by atoms with Crippen molar-refractivity contribution in [3.63, 3.8) is 0 Å². The van der Waals surface area contributed by atoms with Gasteiger partial charge < -0.3 is 10.2 Å². The van der Waals surface area contributed by atoms with Crippen LogP contribution in [-0.2, 0) is 0 Å². The first-order chi connectivity index (χ1) is 6.90. The van der Waals surface area contributed by atoms with Crippen LogP contribution in [0.25, 0.3) is 0 Å². The lowest BCUT2D eigenvalue weighted by Crippen LogP contribution is -2.27. The number of hydrogen-bond donors (Lipinski definition) is 1. The zero-order chi connectivity index (χ0) is 9.80. The minimum atomic E-state index is 0.967. The Labute approximate surface area is 91.8 Å². The van der Waals surface area contributed by atoms with Gasteiger partial charge in [-0.2, -0.15) is 11.8 Å². The largest absolute Gasteiger partial charge is 0.316 e. The molecule has 3 heteroatoms. The fraction of sp³-hybridized carbons (Fsp3) is 1.00. The molecule has 0 aromatic carbocycles. The maximum absolute atomic E-state index is 3.49. The molecule has 2 heterocycles. The Morgan fingerprint density at radius 2 is 2.00 bits per heavy atom. The van der Waals surface area contributed by atoms with Crippen molar-refractivity contribution in [1.29, 1.82) is 0 Å².